The molecular formula is C27H40N2O. The topological polar surface area (TPSA) is 46.0 Å². The molecule has 4 aliphatic rings. The highest BCUT2D eigenvalue weighted by Crippen LogP contribution is 2.67. The maximum Gasteiger partial charge on any atom is 0.0631 e. The predicted molar refractivity (Wildman–Crippen MR) is 121 cm³/mol. The zero-order chi connectivity index (χ0) is 20.9. The van der Waals surface area contributed by atoms with Gasteiger partial charge in [-0.15, -0.1) is 0 Å². The number of hydrogen-bond acceptors (Lipinski definition) is 3. The van der Waals surface area contributed by atoms with E-state index in [9.17, 15) is 5.11 Å². The van der Waals surface area contributed by atoms with E-state index in [0.717, 1.165) is 54.5 Å². The highest BCUT2D eigenvalue weighted by Gasteiger charge is 2.59. The number of aryl methyl sites for hydroxylation is 1. The van der Waals surface area contributed by atoms with Crippen LogP contribution in [0.4, 0.5) is 0 Å². The van der Waals surface area contributed by atoms with Gasteiger partial charge in [0.25, 0.3) is 0 Å². The molecule has 0 aliphatic heterocycles. The number of aliphatic hydroxyl groups excluding tert-OH is 1. The predicted octanol–water partition coefficient (Wildman–Crippen LogP) is 5.99. The Balaban J connectivity index is 1.31. The van der Waals surface area contributed by atoms with Crippen LogP contribution in [-0.2, 0) is 6.42 Å². The van der Waals surface area contributed by atoms with Gasteiger partial charge in [0.1, 0.15) is 0 Å². The fraction of sp³-hybridized carbons (Fsp3) is 0.778. The minimum absolute atomic E-state index is 0.0965. The molecule has 1 aromatic rings. The average molecular weight is 409 g/mol. The summed E-state index contributed by atoms with van der Waals surface area (Å²) in [5.74, 6) is 4.21. The van der Waals surface area contributed by atoms with E-state index in [1.165, 1.54) is 44.9 Å². The van der Waals surface area contributed by atoms with Crippen LogP contribution in [0.15, 0.2) is 30.0 Å². The molecule has 1 aromatic heterocycles. The first-order valence-electron chi connectivity index (χ1n) is 12.6. The first kappa shape index (κ1) is 20.7. The van der Waals surface area contributed by atoms with E-state index in [2.05, 4.69) is 43.1 Å². The van der Waals surface area contributed by atoms with Crippen LogP contribution in [0.2, 0.25) is 0 Å². The van der Waals surface area contributed by atoms with Crippen LogP contribution in [0.5, 0.6) is 0 Å². The van der Waals surface area contributed by atoms with E-state index < -0.39 is 0 Å². The first-order chi connectivity index (χ1) is 14.4. The molecule has 0 unspecified atom stereocenters. The Bertz CT molecular complexity index is 791. The zero-order valence-corrected chi connectivity index (χ0v) is 19.2. The Morgan fingerprint density at radius 1 is 1.13 bits per heavy atom. The molecule has 1 N–H and O–H groups in total. The molecule has 0 radical (unpaired) electrons. The van der Waals surface area contributed by atoms with E-state index in [4.69, 9.17) is 0 Å². The van der Waals surface area contributed by atoms with Crippen molar-refractivity contribution in [2.24, 2.45) is 40.4 Å². The van der Waals surface area contributed by atoms with Gasteiger partial charge in [0.2, 0.25) is 0 Å². The standard InChI is InChI=1S/C27H40N2O/c1-18(6-8-20-5-4-16-28-29-20)23-10-11-24-22-9-7-19-17-21(30)12-14-26(19,2)25(22)13-15-27(23,24)3/h4-5,7,16,18,21-25,30H,6,8-15,17H2,1-3H3/t18-,21+,22+,23-,24+,25+,26+,27-/m1/s1. The molecule has 3 nitrogen and oxygen atoms in total. The summed E-state index contributed by atoms with van der Waals surface area (Å²) in [6, 6.07) is 4.13. The van der Waals surface area contributed by atoms with Gasteiger partial charge in [-0.05, 0) is 117 Å². The van der Waals surface area contributed by atoms with Crippen LogP contribution in [0, 0.1) is 40.4 Å². The first-order valence-corrected chi connectivity index (χ1v) is 12.6. The van der Waals surface area contributed by atoms with Gasteiger partial charge in [0.05, 0.1) is 11.8 Å². The largest absolute Gasteiger partial charge is 0.393 e. The highest BCUT2D eigenvalue weighted by molar-refractivity contribution is 5.25. The molecule has 1 heterocycles. The van der Waals surface area contributed by atoms with Crippen LogP contribution in [0.3, 0.4) is 0 Å². The lowest BCUT2D eigenvalue weighted by Crippen LogP contribution is -2.50. The van der Waals surface area contributed by atoms with Crippen molar-refractivity contribution in [3.63, 3.8) is 0 Å². The Morgan fingerprint density at radius 3 is 2.80 bits per heavy atom. The SMILES string of the molecule is C[C@H](CCc1cccnn1)[C@H]1CC[C@H]2[C@@H]3CC=C4C[C@@H](O)CC[C@]4(C)[C@H]3CC[C@]12C. The summed E-state index contributed by atoms with van der Waals surface area (Å²) in [5.41, 5.74) is 3.61. The third kappa shape index (κ3) is 3.27. The van der Waals surface area contributed by atoms with Crippen molar-refractivity contribution in [1.82, 2.24) is 10.2 Å². The summed E-state index contributed by atoms with van der Waals surface area (Å²) < 4.78 is 0. The van der Waals surface area contributed by atoms with E-state index >= 15 is 0 Å². The summed E-state index contributed by atoms with van der Waals surface area (Å²) in [5, 5.41) is 18.6. The van der Waals surface area contributed by atoms with E-state index in [1.807, 2.05) is 6.07 Å². The Labute approximate surface area is 182 Å². The molecule has 164 valence electrons. The van der Waals surface area contributed by atoms with Crippen LogP contribution >= 0.6 is 0 Å². The number of nitrogens with zero attached hydrogens (tertiary/aromatic N) is 2. The van der Waals surface area contributed by atoms with Gasteiger partial charge in [0.15, 0.2) is 0 Å². The van der Waals surface area contributed by atoms with Crippen LogP contribution in [0.25, 0.3) is 0 Å². The molecule has 0 saturated heterocycles. The van der Waals surface area contributed by atoms with E-state index in [0.29, 0.717) is 10.8 Å². The van der Waals surface area contributed by atoms with Gasteiger partial charge in [0, 0.05) is 6.20 Å². The van der Waals surface area contributed by atoms with Gasteiger partial charge in [-0.3, -0.25) is 0 Å². The number of hydrogen-bond donors (Lipinski definition) is 1. The van der Waals surface area contributed by atoms with Gasteiger partial charge in [-0.25, -0.2) is 0 Å². The molecule has 3 saturated carbocycles. The number of aromatic nitrogens is 2. The summed E-state index contributed by atoms with van der Waals surface area (Å²) in [6.07, 6.45) is 16.6. The second-order valence-electron chi connectivity index (χ2n) is 11.6. The summed E-state index contributed by atoms with van der Waals surface area (Å²) >= 11 is 0. The van der Waals surface area contributed by atoms with Crippen molar-refractivity contribution >= 4 is 0 Å². The van der Waals surface area contributed by atoms with E-state index in [-0.39, 0.29) is 6.10 Å². The third-order valence-electron chi connectivity index (χ3n) is 10.3. The number of aliphatic hydroxyl groups is 1. The van der Waals surface area contributed by atoms with Crippen molar-refractivity contribution < 1.29 is 5.11 Å². The normalized spacial score (nSPS) is 43.9. The van der Waals surface area contributed by atoms with Crippen molar-refractivity contribution in [3.8, 4) is 0 Å². The van der Waals surface area contributed by atoms with E-state index in [1.54, 1.807) is 11.8 Å². The summed E-state index contributed by atoms with van der Waals surface area (Å²) in [7, 11) is 0. The Hall–Kier alpha value is -1.22. The summed E-state index contributed by atoms with van der Waals surface area (Å²) in [4.78, 5) is 0. The molecule has 3 fully saturated rings. The van der Waals surface area contributed by atoms with Crippen molar-refractivity contribution in [1.29, 1.82) is 0 Å². The van der Waals surface area contributed by atoms with Crippen LogP contribution in [0.1, 0.15) is 84.3 Å². The van der Waals surface area contributed by atoms with Gasteiger partial charge in [-0.2, -0.15) is 10.2 Å². The molecule has 5 rings (SSSR count). The minimum atomic E-state index is -0.0965. The second-order valence-corrected chi connectivity index (χ2v) is 11.6. The number of fused-ring (bicyclic) bond motifs is 5. The summed E-state index contributed by atoms with van der Waals surface area (Å²) in [6.45, 7) is 7.69. The van der Waals surface area contributed by atoms with Crippen molar-refractivity contribution in [2.45, 2.75) is 91.1 Å². The van der Waals surface area contributed by atoms with Crippen molar-refractivity contribution in [3.05, 3.63) is 35.7 Å². The Morgan fingerprint density at radius 2 is 2.00 bits per heavy atom. The van der Waals surface area contributed by atoms with Crippen LogP contribution < -0.4 is 0 Å². The van der Waals surface area contributed by atoms with Gasteiger partial charge >= 0.3 is 0 Å². The molecule has 8 atom stereocenters. The molecule has 3 heteroatoms. The molecule has 0 aromatic carbocycles. The molecule has 0 amide bonds. The lowest BCUT2D eigenvalue weighted by atomic mass is 9.47. The zero-order valence-electron chi connectivity index (χ0n) is 19.2. The smallest absolute Gasteiger partial charge is 0.0631 e. The quantitative estimate of drug-likeness (QED) is 0.623. The lowest BCUT2D eigenvalue weighted by molar-refractivity contribution is -0.0571. The molecule has 4 aliphatic carbocycles. The third-order valence-corrected chi connectivity index (χ3v) is 10.3. The maximum atomic E-state index is 10.2. The van der Waals surface area contributed by atoms with Gasteiger partial charge < -0.3 is 5.11 Å². The highest BCUT2D eigenvalue weighted by atomic mass is 16.3. The van der Waals surface area contributed by atoms with Crippen molar-refractivity contribution in [2.75, 3.05) is 0 Å². The maximum absolute atomic E-state index is 10.2. The second kappa shape index (κ2) is 7.73. The minimum Gasteiger partial charge on any atom is -0.393 e. The monoisotopic (exact) mass is 408 g/mol. The fourth-order valence-corrected chi connectivity index (χ4v) is 8.66. The molecule has 0 bridgehead atoms. The molecular weight excluding hydrogens is 368 g/mol. The molecule has 30 heavy (non-hydrogen) atoms. The van der Waals surface area contributed by atoms with Gasteiger partial charge in [-0.1, -0.05) is 32.4 Å². The number of rotatable bonds is 4. The average Bonchev–Trinajstić information content (AvgIpc) is 3.10. The number of allylic oxidation sites excluding steroid dienone is 1. The van der Waals surface area contributed by atoms with Crippen LogP contribution in [-0.4, -0.2) is 21.4 Å². The lowest BCUT2D eigenvalue weighted by Gasteiger charge is -2.58. The Kier molecular flexibility index (Phi) is 5.32. The fourth-order valence-electron chi connectivity index (χ4n) is 8.66. The molecule has 0 spiro atoms.